The monoisotopic (exact) mass is 871 g/mol. The van der Waals surface area contributed by atoms with E-state index in [1.54, 1.807) is 0 Å². The first kappa shape index (κ1) is 58.8. The molecule has 0 bridgehead atoms. The Morgan fingerprint density at radius 3 is 0.968 bits per heavy atom. The summed E-state index contributed by atoms with van der Waals surface area (Å²) in [5, 5.41) is 0. The molecule has 0 amide bonds. The van der Waals surface area contributed by atoms with E-state index in [-0.39, 0.29) is 37.5 Å². The molecule has 0 aliphatic carbocycles. The Morgan fingerprint density at radius 2 is 0.619 bits per heavy atom. The number of hydrogen-bond donors (Lipinski definition) is 0. The zero-order chi connectivity index (χ0) is 45.8. The maximum absolute atomic E-state index is 12.7. The lowest BCUT2D eigenvalue weighted by Gasteiger charge is -2.18. The van der Waals surface area contributed by atoms with Crippen molar-refractivity contribution in [3.05, 3.63) is 122 Å². The van der Waals surface area contributed by atoms with Gasteiger partial charge in [-0.25, -0.2) is 0 Å². The first-order chi connectivity index (χ1) is 31.0. The van der Waals surface area contributed by atoms with Crippen LogP contribution in [0.3, 0.4) is 0 Å². The van der Waals surface area contributed by atoms with Gasteiger partial charge in [0, 0.05) is 19.3 Å². The van der Waals surface area contributed by atoms with Crippen LogP contribution in [0.1, 0.15) is 201 Å². The van der Waals surface area contributed by atoms with Gasteiger partial charge in [-0.1, -0.05) is 194 Å². The molecule has 0 spiro atoms. The van der Waals surface area contributed by atoms with Crippen LogP contribution in [0, 0.1) is 0 Å². The van der Waals surface area contributed by atoms with E-state index in [9.17, 15) is 14.4 Å². The van der Waals surface area contributed by atoms with Crippen molar-refractivity contribution in [2.45, 2.75) is 207 Å². The van der Waals surface area contributed by atoms with Gasteiger partial charge in [0.25, 0.3) is 0 Å². The summed E-state index contributed by atoms with van der Waals surface area (Å²) >= 11 is 0. The van der Waals surface area contributed by atoms with Crippen LogP contribution in [-0.2, 0) is 28.6 Å². The molecule has 0 heterocycles. The van der Waals surface area contributed by atoms with Crippen LogP contribution in [0.15, 0.2) is 122 Å². The minimum Gasteiger partial charge on any atom is -0.462 e. The minimum absolute atomic E-state index is 0.111. The molecule has 0 aromatic carbocycles. The number of unbranched alkanes of at least 4 members (excludes halogenated alkanes) is 12. The van der Waals surface area contributed by atoms with Gasteiger partial charge in [0.2, 0.25) is 0 Å². The van der Waals surface area contributed by atoms with Crippen LogP contribution >= 0.6 is 0 Å². The highest BCUT2D eigenvalue weighted by molar-refractivity contribution is 5.71. The van der Waals surface area contributed by atoms with Crippen LogP contribution < -0.4 is 0 Å². The minimum atomic E-state index is -0.818. The number of allylic oxidation sites excluding steroid dienone is 20. The maximum atomic E-state index is 12.7. The van der Waals surface area contributed by atoms with Gasteiger partial charge in [-0.3, -0.25) is 14.4 Å². The lowest BCUT2D eigenvalue weighted by Crippen LogP contribution is -2.30. The standard InChI is InChI=1S/C57H90O6/c1-4-7-10-13-16-19-21-23-25-26-27-28-29-30-32-33-35-38-41-44-47-50-56(59)62-53-54(52-61-55(58)49-46-43-40-37-18-15-12-9-6-3)63-57(60)51-48-45-42-39-36-34-31-24-22-20-17-14-11-8-5-2/h7-8,10-11,16-17,19-20,23-25,27-28,30-32,35-36,38-39,54H,4-6,9,12-15,18,21-22,26,29,33-34,37,40-53H2,1-3H3/b10-7-,11-8-,19-16-,20-17-,25-23-,28-27-,31-24-,32-30-,38-35-,39-36-. The van der Waals surface area contributed by atoms with Crippen molar-refractivity contribution < 1.29 is 28.6 Å². The predicted molar refractivity (Wildman–Crippen MR) is 269 cm³/mol. The van der Waals surface area contributed by atoms with E-state index in [1.807, 2.05) is 0 Å². The fraction of sp³-hybridized carbons (Fsp3) is 0.596. The molecule has 354 valence electrons. The van der Waals surface area contributed by atoms with E-state index in [1.165, 1.54) is 38.5 Å². The molecule has 0 saturated carbocycles. The third-order valence-corrected chi connectivity index (χ3v) is 9.96. The average Bonchev–Trinajstić information content (AvgIpc) is 3.28. The molecule has 6 nitrogen and oxygen atoms in total. The lowest BCUT2D eigenvalue weighted by atomic mass is 10.1. The normalized spacial score (nSPS) is 13.1. The molecule has 1 atom stereocenters. The summed E-state index contributed by atoms with van der Waals surface area (Å²) in [6.07, 6.45) is 69.1. The molecule has 0 aromatic heterocycles. The third kappa shape index (κ3) is 48.7. The van der Waals surface area contributed by atoms with Crippen LogP contribution in [0.5, 0.6) is 0 Å². The molecule has 0 aliphatic rings. The SMILES string of the molecule is CC/C=C\C/C=C\C/C=C\C/C=C\C/C=C\C/C=C\CCCCC(=O)OCC(COC(=O)CCCCCCCCCCC)OC(=O)CCCC/C=C\C/C=C\C/C=C\C/C=C\CC. The number of ether oxygens (including phenoxy) is 3. The number of hydrogen-bond acceptors (Lipinski definition) is 6. The van der Waals surface area contributed by atoms with Crippen molar-refractivity contribution in [3.8, 4) is 0 Å². The molecule has 63 heavy (non-hydrogen) atoms. The molecular formula is C57H90O6. The highest BCUT2D eigenvalue weighted by Crippen LogP contribution is 2.12. The number of rotatable bonds is 43. The fourth-order valence-corrected chi connectivity index (χ4v) is 6.26. The first-order valence-electron chi connectivity index (χ1n) is 25.0. The Morgan fingerprint density at radius 1 is 0.333 bits per heavy atom. The summed E-state index contributed by atoms with van der Waals surface area (Å²) in [4.78, 5) is 37.8. The van der Waals surface area contributed by atoms with Gasteiger partial charge in [-0.2, -0.15) is 0 Å². The Labute approximate surface area is 386 Å². The van der Waals surface area contributed by atoms with Gasteiger partial charge in [0.15, 0.2) is 6.10 Å². The molecular weight excluding hydrogens is 781 g/mol. The average molecular weight is 871 g/mol. The molecule has 0 aromatic rings. The van der Waals surface area contributed by atoms with Crippen LogP contribution in [0.2, 0.25) is 0 Å². The van der Waals surface area contributed by atoms with Gasteiger partial charge in [0.05, 0.1) is 0 Å². The maximum Gasteiger partial charge on any atom is 0.306 e. The Bertz CT molecular complexity index is 1370. The van der Waals surface area contributed by atoms with E-state index >= 15 is 0 Å². The van der Waals surface area contributed by atoms with Crippen LogP contribution in [0.25, 0.3) is 0 Å². The summed E-state index contributed by atoms with van der Waals surface area (Å²) in [5.74, 6) is -1.01. The van der Waals surface area contributed by atoms with Crippen molar-refractivity contribution in [1.29, 1.82) is 0 Å². The predicted octanol–water partition coefficient (Wildman–Crippen LogP) is 16.5. The molecule has 0 aliphatic heterocycles. The first-order valence-corrected chi connectivity index (χ1v) is 25.0. The van der Waals surface area contributed by atoms with Crippen molar-refractivity contribution >= 4 is 17.9 Å². The van der Waals surface area contributed by atoms with E-state index < -0.39 is 6.10 Å². The zero-order valence-electron chi connectivity index (χ0n) is 40.3. The number of carbonyl (C=O) groups is 3. The van der Waals surface area contributed by atoms with Gasteiger partial charge in [-0.15, -0.1) is 0 Å². The van der Waals surface area contributed by atoms with Gasteiger partial charge < -0.3 is 14.2 Å². The van der Waals surface area contributed by atoms with Crippen LogP contribution in [0.4, 0.5) is 0 Å². The van der Waals surface area contributed by atoms with Gasteiger partial charge >= 0.3 is 17.9 Å². The Kier molecular flexibility index (Phi) is 47.1. The van der Waals surface area contributed by atoms with Crippen molar-refractivity contribution in [1.82, 2.24) is 0 Å². The lowest BCUT2D eigenvalue weighted by molar-refractivity contribution is -0.167. The van der Waals surface area contributed by atoms with Crippen molar-refractivity contribution in [2.75, 3.05) is 13.2 Å². The van der Waals surface area contributed by atoms with Crippen molar-refractivity contribution in [2.24, 2.45) is 0 Å². The summed E-state index contributed by atoms with van der Waals surface area (Å²) in [6, 6.07) is 0. The number of carbonyl (C=O) groups excluding carboxylic acids is 3. The second-order valence-electron chi connectivity index (χ2n) is 16.0. The van der Waals surface area contributed by atoms with E-state index in [4.69, 9.17) is 14.2 Å². The van der Waals surface area contributed by atoms with Crippen LogP contribution in [-0.4, -0.2) is 37.2 Å². The highest BCUT2D eigenvalue weighted by atomic mass is 16.6. The van der Waals surface area contributed by atoms with E-state index in [2.05, 4.69) is 142 Å². The topological polar surface area (TPSA) is 78.9 Å². The molecule has 0 radical (unpaired) electrons. The van der Waals surface area contributed by atoms with Gasteiger partial charge in [-0.05, 0) is 109 Å². The molecule has 0 rings (SSSR count). The largest absolute Gasteiger partial charge is 0.462 e. The second-order valence-corrected chi connectivity index (χ2v) is 16.0. The second kappa shape index (κ2) is 50.5. The highest BCUT2D eigenvalue weighted by Gasteiger charge is 2.19. The molecule has 0 N–H and O–H groups in total. The smallest absolute Gasteiger partial charge is 0.306 e. The summed E-state index contributed by atoms with van der Waals surface area (Å²) in [7, 11) is 0. The number of esters is 3. The Hall–Kier alpha value is -4.19. The summed E-state index contributed by atoms with van der Waals surface area (Å²) in [6.45, 7) is 6.29. The molecule has 0 saturated heterocycles. The molecule has 6 heteroatoms. The summed E-state index contributed by atoms with van der Waals surface area (Å²) < 4.78 is 16.7. The van der Waals surface area contributed by atoms with Crippen molar-refractivity contribution in [3.63, 3.8) is 0 Å². The zero-order valence-corrected chi connectivity index (χ0v) is 40.3. The molecule has 0 fully saturated rings. The summed E-state index contributed by atoms with van der Waals surface area (Å²) in [5.41, 5.74) is 0. The van der Waals surface area contributed by atoms with E-state index in [0.29, 0.717) is 25.7 Å². The quantitative estimate of drug-likeness (QED) is 0.0263. The van der Waals surface area contributed by atoms with E-state index in [0.717, 1.165) is 109 Å². The third-order valence-electron chi connectivity index (χ3n) is 9.96. The molecule has 1 unspecified atom stereocenters. The Balaban J connectivity index is 4.49. The van der Waals surface area contributed by atoms with Gasteiger partial charge in [0.1, 0.15) is 13.2 Å². The fourth-order valence-electron chi connectivity index (χ4n) is 6.26.